The summed E-state index contributed by atoms with van der Waals surface area (Å²) < 4.78 is 13.4. The third-order valence-electron chi connectivity index (χ3n) is 1.99. The summed E-state index contributed by atoms with van der Waals surface area (Å²) in [7, 11) is 1.51. The van der Waals surface area contributed by atoms with Crippen molar-refractivity contribution in [1.29, 1.82) is 0 Å². The van der Waals surface area contributed by atoms with Crippen LogP contribution in [0.25, 0.3) is 0 Å². The van der Waals surface area contributed by atoms with Gasteiger partial charge in [-0.05, 0) is 18.5 Å². The molecule has 1 N–H and O–H groups in total. The zero-order valence-corrected chi connectivity index (χ0v) is 9.75. The molecule has 0 radical (unpaired) electrons. The lowest BCUT2D eigenvalue weighted by Gasteiger charge is -2.20. The molecule has 0 unspecified atom stereocenters. The highest BCUT2D eigenvalue weighted by atomic mass is 35.5. The number of carbonyl (C=O) groups is 1. The third-order valence-corrected chi connectivity index (χ3v) is 2.17. The Bertz CT molecular complexity index is 388. The van der Waals surface area contributed by atoms with Crippen molar-refractivity contribution in [3.05, 3.63) is 17.3 Å². The Morgan fingerprint density at radius 1 is 1.69 bits per heavy atom. The van der Waals surface area contributed by atoms with Crippen LogP contribution in [0.1, 0.15) is 6.92 Å². The molecule has 7 heteroatoms. The molecule has 0 aliphatic carbocycles. The summed E-state index contributed by atoms with van der Waals surface area (Å²) >= 11 is 5.57. The van der Waals surface area contributed by atoms with Gasteiger partial charge in [0.2, 0.25) is 11.2 Å². The van der Waals surface area contributed by atoms with Gasteiger partial charge in [0.05, 0.1) is 12.7 Å². The molecular formula is C9H12ClFN4O. The van der Waals surface area contributed by atoms with E-state index < -0.39 is 5.82 Å². The van der Waals surface area contributed by atoms with Crippen LogP contribution in [-0.4, -0.2) is 36.0 Å². The molecule has 0 saturated heterocycles. The zero-order chi connectivity index (χ0) is 12.1. The Balaban J connectivity index is 2.94. The molecule has 0 aliphatic rings. The molecule has 1 rings (SSSR count). The molecule has 0 atom stereocenters. The Hall–Kier alpha value is -1.43. The molecule has 5 nitrogen and oxygen atoms in total. The van der Waals surface area contributed by atoms with E-state index in [0.29, 0.717) is 6.54 Å². The number of likely N-dealkylation sites (N-methyl/N-ethyl adjacent to an activating group) is 2. The van der Waals surface area contributed by atoms with Crippen LogP contribution < -0.4 is 10.2 Å². The van der Waals surface area contributed by atoms with E-state index in [1.807, 2.05) is 0 Å². The van der Waals surface area contributed by atoms with Crippen molar-refractivity contribution >= 4 is 23.3 Å². The van der Waals surface area contributed by atoms with Gasteiger partial charge < -0.3 is 10.2 Å². The Morgan fingerprint density at radius 2 is 2.38 bits per heavy atom. The fraction of sp³-hybridized carbons (Fsp3) is 0.444. The minimum atomic E-state index is -0.602. The first-order valence-electron chi connectivity index (χ1n) is 4.72. The van der Waals surface area contributed by atoms with E-state index in [4.69, 9.17) is 11.6 Å². The Labute approximate surface area is 97.6 Å². The molecule has 1 amide bonds. The van der Waals surface area contributed by atoms with Crippen LogP contribution in [0.4, 0.5) is 10.2 Å². The average Bonchev–Trinajstić information content (AvgIpc) is 2.29. The van der Waals surface area contributed by atoms with E-state index in [-0.39, 0.29) is 23.6 Å². The average molecular weight is 247 g/mol. The summed E-state index contributed by atoms with van der Waals surface area (Å²) in [6, 6.07) is 0. The Kier molecular flexibility index (Phi) is 4.42. The summed E-state index contributed by atoms with van der Waals surface area (Å²) in [5.41, 5.74) is 0. The van der Waals surface area contributed by atoms with Gasteiger partial charge in [-0.1, -0.05) is 0 Å². The van der Waals surface area contributed by atoms with Gasteiger partial charge >= 0.3 is 0 Å². The van der Waals surface area contributed by atoms with Gasteiger partial charge in [-0.25, -0.2) is 9.37 Å². The van der Waals surface area contributed by atoms with Gasteiger partial charge in [-0.2, -0.15) is 4.98 Å². The highest BCUT2D eigenvalue weighted by Crippen LogP contribution is 2.16. The third kappa shape index (κ3) is 3.03. The van der Waals surface area contributed by atoms with Gasteiger partial charge in [-0.15, -0.1) is 0 Å². The standard InChI is InChI=1S/C9H12ClFN4O/c1-3-15(5-7(16)12-2)8-6(11)4-13-9(10)14-8/h4H,3,5H2,1-2H3,(H,12,16). The number of rotatable bonds is 4. The number of hydrogen-bond donors (Lipinski definition) is 1. The summed E-state index contributed by atoms with van der Waals surface area (Å²) in [6.45, 7) is 2.26. The number of nitrogens with one attached hydrogen (secondary N) is 1. The number of nitrogens with zero attached hydrogens (tertiary/aromatic N) is 3. The fourth-order valence-corrected chi connectivity index (χ4v) is 1.28. The van der Waals surface area contributed by atoms with Crippen LogP contribution in [0.2, 0.25) is 5.28 Å². The van der Waals surface area contributed by atoms with E-state index in [0.717, 1.165) is 6.20 Å². The molecule has 0 aromatic carbocycles. The lowest BCUT2D eigenvalue weighted by atomic mass is 10.4. The topological polar surface area (TPSA) is 58.1 Å². The Morgan fingerprint density at radius 3 is 2.94 bits per heavy atom. The van der Waals surface area contributed by atoms with Gasteiger partial charge in [0.15, 0.2) is 11.6 Å². The smallest absolute Gasteiger partial charge is 0.239 e. The fourth-order valence-electron chi connectivity index (χ4n) is 1.15. The van der Waals surface area contributed by atoms with Crippen LogP contribution in [0.5, 0.6) is 0 Å². The summed E-state index contributed by atoms with van der Waals surface area (Å²) in [6.07, 6.45) is 0.983. The van der Waals surface area contributed by atoms with Gasteiger partial charge in [-0.3, -0.25) is 4.79 Å². The van der Waals surface area contributed by atoms with Crippen molar-refractivity contribution < 1.29 is 9.18 Å². The van der Waals surface area contributed by atoms with Crippen molar-refractivity contribution in [2.75, 3.05) is 25.0 Å². The highest BCUT2D eigenvalue weighted by molar-refractivity contribution is 6.28. The maximum absolute atomic E-state index is 13.4. The number of hydrogen-bond acceptors (Lipinski definition) is 4. The maximum atomic E-state index is 13.4. The van der Waals surface area contributed by atoms with Crippen molar-refractivity contribution in [2.45, 2.75) is 6.92 Å². The molecule has 1 heterocycles. The van der Waals surface area contributed by atoms with Crippen molar-refractivity contribution in [3.63, 3.8) is 0 Å². The van der Waals surface area contributed by atoms with E-state index in [2.05, 4.69) is 15.3 Å². The molecule has 1 aromatic rings. The quantitative estimate of drug-likeness (QED) is 0.800. The van der Waals surface area contributed by atoms with Crippen LogP contribution in [0.3, 0.4) is 0 Å². The number of anilines is 1. The predicted molar refractivity (Wildman–Crippen MR) is 59.0 cm³/mol. The second-order valence-electron chi connectivity index (χ2n) is 3.00. The summed E-state index contributed by atoms with van der Waals surface area (Å²) in [5.74, 6) is -0.794. The van der Waals surface area contributed by atoms with Crippen molar-refractivity contribution in [3.8, 4) is 0 Å². The van der Waals surface area contributed by atoms with Crippen LogP contribution in [0, 0.1) is 5.82 Å². The minimum Gasteiger partial charge on any atom is -0.358 e. The molecule has 0 saturated carbocycles. The van der Waals surface area contributed by atoms with E-state index >= 15 is 0 Å². The van der Waals surface area contributed by atoms with Crippen LogP contribution in [-0.2, 0) is 4.79 Å². The molecular weight excluding hydrogens is 235 g/mol. The normalized spacial score (nSPS) is 10.0. The van der Waals surface area contributed by atoms with Crippen LogP contribution >= 0.6 is 11.6 Å². The second-order valence-corrected chi connectivity index (χ2v) is 3.34. The SMILES string of the molecule is CCN(CC(=O)NC)c1nc(Cl)ncc1F. The van der Waals surface area contributed by atoms with Crippen molar-refractivity contribution in [2.24, 2.45) is 0 Å². The second kappa shape index (κ2) is 5.60. The largest absolute Gasteiger partial charge is 0.358 e. The van der Waals surface area contributed by atoms with E-state index in [9.17, 15) is 9.18 Å². The van der Waals surface area contributed by atoms with Gasteiger partial charge in [0.25, 0.3) is 0 Å². The van der Waals surface area contributed by atoms with Gasteiger partial charge in [0.1, 0.15) is 0 Å². The molecule has 0 bridgehead atoms. The number of halogens is 2. The lowest BCUT2D eigenvalue weighted by Crippen LogP contribution is -2.36. The van der Waals surface area contributed by atoms with Crippen LogP contribution in [0.15, 0.2) is 6.20 Å². The summed E-state index contributed by atoms with van der Waals surface area (Å²) in [4.78, 5) is 19.9. The molecule has 0 aliphatic heterocycles. The van der Waals surface area contributed by atoms with Gasteiger partial charge in [0, 0.05) is 13.6 Å². The molecule has 0 spiro atoms. The molecule has 16 heavy (non-hydrogen) atoms. The van der Waals surface area contributed by atoms with Crippen molar-refractivity contribution in [1.82, 2.24) is 15.3 Å². The first kappa shape index (κ1) is 12.6. The zero-order valence-electron chi connectivity index (χ0n) is 9.00. The number of aromatic nitrogens is 2. The summed E-state index contributed by atoms with van der Waals surface area (Å²) in [5, 5.41) is 2.40. The number of carbonyl (C=O) groups excluding carboxylic acids is 1. The monoisotopic (exact) mass is 246 g/mol. The first-order valence-corrected chi connectivity index (χ1v) is 5.09. The lowest BCUT2D eigenvalue weighted by molar-refractivity contribution is -0.119. The molecule has 1 aromatic heterocycles. The van der Waals surface area contributed by atoms with E-state index in [1.54, 1.807) is 6.92 Å². The molecule has 0 fully saturated rings. The number of amides is 1. The molecule has 88 valence electrons. The predicted octanol–water partition coefficient (Wildman–Crippen LogP) is 0.841. The minimum absolute atomic E-state index is 0.0251. The van der Waals surface area contributed by atoms with E-state index in [1.165, 1.54) is 11.9 Å². The highest BCUT2D eigenvalue weighted by Gasteiger charge is 2.15. The maximum Gasteiger partial charge on any atom is 0.239 e. The first-order chi connectivity index (χ1) is 7.58.